The number of hydrogen-bond acceptors (Lipinski definition) is 3. The lowest BCUT2D eigenvalue weighted by Crippen LogP contribution is -1.92. The van der Waals surface area contributed by atoms with Gasteiger partial charge in [-0.3, -0.25) is 0 Å². The Labute approximate surface area is 69.1 Å². The first-order valence-electron chi connectivity index (χ1n) is 3.12. The van der Waals surface area contributed by atoms with E-state index in [9.17, 15) is 4.79 Å². The minimum atomic E-state index is -0.321. The molecule has 0 amide bonds. The maximum Gasteiger partial charge on any atom is 0.330 e. The van der Waals surface area contributed by atoms with Crippen molar-refractivity contribution in [1.82, 2.24) is 0 Å². The maximum atomic E-state index is 10.6. The van der Waals surface area contributed by atoms with Crippen molar-refractivity contribution in [2.24, 2.45) is 0 Å². The molecule has 0 aliphatic heterocycles. The third-order valence-electron chi connectivity index (χ3n) is 1.13. The smallest absolute Gasteiger partial charge is 0.330 e. The van der Waals surface area contributed by atoms with Crippen molar-refractivity contribution in [3.63, 3.8) is 0 Å². The fourth-order valence-corrected chi connectivity index (χ4v) is 1.22. The van der Waals surface area contributed by atoms with Crippen LogP contribution in [0.2, 0.25) is 0 Å². The lowest BCUT2D eigenvalue weighted by atomic mass is 10.4. The summed E-state index contributed by atoms with van der Waals surface area (Å²) in [5.41, 5.74) is 0. The standard InChI is InChI=1S/C8H8O2S/c1-10-8(9)5-4-7-3-2-6-11-7/h2-6H,1H3/b5-4+. The van der Waals surface area contributed by atoms with Gasteiger partial charge in [-0.25, -0.2) is 4.79 Å². The second kappa shape index (κ2) is 3.93. The Bertz CT molecular complexity index is 249. The normalized spacial score (nSPS) is 10.3. The van der Waals surface area contributed by atoms with Crippen LogP contribution >= 0.6 is 11.3 Å². The predicted molar refractivity (Wildman–Crippen MR) is 45.4 cm³/mol. The molecular formula is C8H8O2S. The highest BCUT2D eigenvalue weighted by molar-refractivity contribution is 7.10. The van der Waals surface area contributed by atoms with Gasteiger partial charge in [-0.1, -0.05) is 6.07 Å². The fraction of sp³-hybridized carbons (Fsp3) is 0.125. The molecule has 1 aromatic rings. The van der Waals surface area contributed by atoms with Crippen LogP contribution in [-0.2, 0) is 9.53 Å². The van der Waals surface area contributed by atoms with Crippen LogP contribution in [-0.4, -0.2) is 13.1 Å². The van der Waals surface area contributed by atoms with E-state index >= 15 is 0 Å². The van der Waals surface area contributed by atoms with Gasteiger partial charge < -0.3 is 4.74 Å². The van der Waals surface area contributed by atoms with Gasteiger partial charge in [0, 0.05) is 11.0 Å². The van der Waals surface area contributed by atoms with Crippen LogP contribution in [0.1, 0.15) is 4.88 Å². The average molecular weight is 168 g/mol. The van der Waals surface area contributed by atoms with Crippen molar-refractivity contribution in [1.29, 1.82) is 0 Å². The summed E-state index contributed by atoms with van der Waals surface area (Å²) in [6.45, 7) is 0. The first-order chi connectivity index (χ1) is 5.33. The number of ether oxygens (including phenoxy) is 1. The number of esters is 1. The summed E-state index contributed by atoms with van der Waals surface area (Å²) in [6.07, 6.45) is 3.14. The molecular weight excluding hydrogens is 160 g/mol. The van der Waals surface area contributed by atoms with Crippen LogP contribution in [0.15, 0.2) is 23.6 Å². The third-order valence-corrected chi connectivity index (χ3v) is 1.97. The van der Waals surface area contributed by atoms with Crippen LogP contribution in [0.5, 0.6) is 0 Å². The van der Waals surface area contributed by atoms with Crippen molar-refractivity contribution in [2.75, 3.05) is 7.11 Å². The van der Waals surface area contributed by atoms with Gasteiger partial charge in [0.15, 0.2) is 0 Å². The Balaban J connectivity index is 2.55. The maximum absolute atomic E-state index is 10.6. The second-order valence-electron chi connectivity index (χ2n) is 1.87. The van der Waals surface area contributed by atoms with Gasteiger partial charge in [0.25, 0.3) is 0 Å². The zero-order chi connectivity index (χ0) is 8.10. The number of methoxy groups -OCH3 is 1. The highest BCUT2D eigenvalue weighted by Crippen LogP contribution is 2.09. The first-order valence-corrected chi connectivity index (χ1v) is 4.00. The summed E-state index contributed by atoms with van der Waals surface area (Å²) < 4.78 is 4.43. The van der Waals surface area contributed by atoms with E-state index < -0.39 is 0 Å². The van der Waals surface area contributed by atoms with Crippen molar-refractivity contribution in [3.05, 3.63) is 28.5 Å². The summed E-state index contributed by atoms with van der Waals surface area (Å²) in [5, 5.41) is 1.96. The highest BCUT2D eigenvalue weighted by Gasteiger charge is 1.90. The van der Waals surface area contributed by atoms with Gasteiger partial charge in [0.05, 0.1) is 7.11 Å². The quantitative estimate of drug-likeness (QED) is 0.498. The van der Waals surface area contributed by atoms with E-state index in [1.165, 1.54) is 13.2 Å². The molecule has 0 aliphatic rings. The van der Waals surface area contributed by atoms with E-state index in [1.807, 2.05) is 17.5 Å². The van der Waals surface area contributed by atoms with Crippen LogP contribution in [0, 0.1) is 0 Å². The Kier molecular flexibility index (Phi) is 2.86. The second-order valence-corrected chi connectivity index (χ2v) is 2.85. The average Bonchev–Trinajstić information content (AvgIpc) is 2.52. The molecule has 0 unspecified atom stereocenters. The lowest BCUT2D eigenvalue weighted by Gasteiger charge is -1.87. The van der Waals surface area contributed by atoms with Crippen LogP contribution < -0.4 is 0 Å². The van der Waals surface area contributed by atoms with E-state index in [4.69, 9.17) is 0 Å². The van der Waals surface area contributed by atoms with E-state index in [0.29, 0.717) is 0 Å². The Morgan fingerprint density at radius 3 is 3.09 bits per heavy atom. The molecule has 0 radical (unpaired) electrons. The van der Waals surface area contributed by atoms with E-state index in [-0.39, 0.29) is 5.97 Å². The number of carbonyl (C=O) groups is 1. The van der Waals surface area contributed by atoms with Gasteiger partial charge in [-0.15, -0.1) is 11.3 Å². The van der Waals surface area contributed by atoms with Crippen molar-refractivity contribution >= 4 is 23.4 Å². The molecule has 58 valence electrons. The third kappa shape index (κ3) is 2.55. The summed E-state index contributed by atoms with van der Waals surface area (Å²) in [6, 6.07) is 3.87. The number of thiophene rings is 1. The summed E-state index contributed by atoms with van der Waals surface area (Å²) >= 11 is 1.58. The SMILES string of the molecule is COC(=O)/C=C/c1cccs1. The van der Waals surface area contributed by atoms with Crippen LogP contribution in [0.4, 0.5) is 0 Å². The molecule has 0 aromatic carbocycles. The van der Waals surface area contributed by atoms with Gasteiger partial charge in [-0.05, 0) is 17.5 Å². The topological polar surface area (TPSA) is 26.3 Å². The summed E-state index contributed by atoms with van der Waals surface area (Å²) in [5.74, 6) is -0.321. The van der Waals surface area contributed by atoms with E-state index in [2.05, 4.69) is 4.74 Å². The minimum Gasteiger partial charge on any atom is -0.466 e. The van der Waals surface area contributed by atoms with Gasteiger partial charge in [-0.2, -0.15) is 0 Å². The molecule has 1 heterocycles. The largest absolute Gasteiger partial charge is 0.466 e. The van der Waals surface area contributed by atoms with Crippen LogP contribution in [0.25, 0.3) is 6.08 Å². The molecule has 0 saturated heterocycles. The monoisotopic (exact) mass is 168 g/mol. The zero-order valence-electron chi connectivity index (χ0n) is 6.11. The number of rotatable bonds is 2. The Morgan fingerprint density at radius 2 is 2.55 bits per heavy atom. The fourth-order valence-electron chi connectivity index (χ4n) is 0.604. The van der Waals surface area contributed by atoms with Crippen molar-refractivity contribution < 1.29 is 9.53 Å². The van der Waals surface area contributed by atoms with Gasteiger partial charge >= 0.3 is 5.97 Å². The molecule has 0 atom stereocenters. The summed E-state index contributed by atoms with van der Waals surface area (Å²) in [7, 11) is 1.36. The zero-order valence-corrected chi connectivity index (χ0v) is 6.93. The molecule has 0 fully saturated rings. The van der Waals surface area contributed by atoms with Crippen molar-refractivity contribution in [3.8, 4) is 0 Å². The minimum absolute atomic E-state index is 0.321. The molecule has 0 aliphatic carbocycles. The molecule has 0 saturated carbocycles. The van der Waals surface area contributed by atoms with E-state index in [1.54, 1.807) is 17.4 Å². The first kappa shape index (κ1) is 8.01. The Hall–Kier alpha value is -1.09. The van der Waals surface area contributed by atoms with Crippen LogP contribution in [0.3, 0.4) is 0 Å². The van der Waals surface area contributed by atoms with Gasteiger partial charge in [0.1, 0.15) is 0 Å². The lowest BCUT2D eigenvalue weighted by molar-refractivity contribution is -0.134. The molecule has 2 nitrogen and oxygen atoms in total. The molecule has 1 aromatic heterocycles. The number of hydrogen-bond donors (Lipinski definition) is 0. The number of carbonyl (C=O) groups excluding carboxylic acids is 1. The highest BCUT2D eigenvalue weighted by atomic mass is 32.1. The predicted octanol–water partition coefficient (Wildman–Crippen LogP) is 1.93. The van der Waals surface area contributed by atoms with Gasteiger partial charge in [0.2, 0.25) is 0 Å². The van der Waals surface area contributed by atoms with E-state index in [0.717, 1.165) is 4.88 Å². The summed E-state index contributed by atoms with van der Waals surface area (Å²) in [4.78, 5) is 11.7. The molecule has 11 heavy (non-hydrogen) atoms. The van der Waals surface area contributed by atoms with Crippen molar-refractivity contribution in [2.45, 2.75) is 0 Å². The molecule has 0 N–H and O–H groups in total. The Morgan fingerprint density at radius 1 is 1.73 bits per heavy atom. The molecule has 0 spiro atoms. The molecule has 3 heteroatoms. The molecule has 0 bridgehead atoms. The molecule has 1 rings (SSSR count).